The summed E-state index contributed by atoms with van der Waals surface area (Å²) in [5, 5.41) is 4.36. The lowest BCUT2D eigenvalue weighted by atomic mass is 10.1. The number of allylic oxidation sites excluding steroid dienone is 1. The molecule has 0 spiro atoms. The molecule has 0 bridgehead atoms. The second-order valence-electron chi connectivity index (χ2n) is 5.27. The Balaban J connectivity index is 2.22. The lowest BCUT2D eigenvalue weighted by molar-refractivity contribution is -0.137. The molecule has 8 heteroatoms. The predicted octanol–water partition coefficient (Wildman–Crippen LogP) is 4.36. The summed E-state index contributed by atoms with van der Waals surface area (Å²) in [6, 6.07) is 5.04. The van der Waals surface area contributed by atoms with Gasteiger partial charge in [-0.1, -0.05) is 23.7 Å². The summed E-state index contributed by atoms with van der Waals surface area (Å²) < 4.78 is 50.2. The number of hydrogen-bond donors (Lipinski definition) is 0. The Kier molecular flexibility index (Phi) is 6.50. The average molecular weight is 375 g/mol. The van der Waals surface area contributed by atoms with Crippen LogP contribution in [0.3, 0.4) is 0 Å². The van der Waals surface area contributed by atoms with Crippen molar-refractivity contribution in [2.45, 2.75) is 19.1 Å². The van der Waals surface area contributed by atoms with Crippen LogP contribution in [-0.4, -0.2) is 30.1 Å². The lowest BCUT2D eigenvalue weighted by Gasteiger charge is -2.11. The molecule has 0 saturated carbocycles. The molecule has 0 aliphatic rings. The first-order valence-corrected chi connectivity index (χ1v) is 7.88. The van der Waals surface area contributed by atoms with Crippen LogP contribution in [0.4, 0.5) is 13.2 Å². The number of nitrogens with zero attached hydrogens (tertiary/aromatic N) is 2. The van der Waals surface area contributed by atoms with Gasteiger partial charge in [0.1, 0.15) is 6.61 Å². The van der Waals surface area contributed by atoms with Gasteiger partial charge >= 0.3 is 6.18 Å². The van der Waals surface area contributed by atoms with Crippen molar-refractivity contribution in [2.75, 3.05) is 20.3 Å². The van der Waals surface area contributed by atoms with Crippen LogP contribution in [0, 0.1) is 0 Å². The van der Waals surface area contributed by atoms with Gasteiger partial charge < -0.3 is 9.47 Å². The summed E-state index contributed by atoms with van der Waals surface area (Å²) in [5.41, 5.74) is 0.571. The number of aromatic nitrogens is 2. The monoisotopic (exact) mass is 374 g/mol. The van der Waals surface area contributed by atoms with Crippen molar-refractivity contribution in [3.8, 4) is 5.88 Å². The maximum Gasteiger partial charge on any atom is 0.416 e. The Labute approximate surface area is 148 Å². The first-order chi connectivity index (χ1) is 11.8. The largest absolute Gasteiger partial charge is 0.474 e. The molecule has 2 aromatic rings. The van der Waals surface area contributed by atoms with Crippen LogP contribution in [0.5, 0.6) is 5.88 Å². The smallest absolute Gasteiger partial charge is 0.416 e. The van der Waals surface area contributed by atoms with Gasteiger partial charge in [0.25, 0.3) is 0 Å². The number of hydrogen-bond acceptors (Lipinski definition) is 3. The summed E-state index contributed by atoms with van der Waals surface area (Å²) in [6.45, 7) is 4.70. The molecular weight excluding hydrogens is 357 g/mol. The van der Waals surface area contributed by atoms with E-state index in [-0.39, 0.29) is 11.6 Å². The Morgan fingerprint density at radius 3 is 2.64 bits per heavy atom. The third-order valence-corrected chi connectivity index (χ3v) is 3.78. The molecule has 25 heavy (non-hydrogen) atoms. The number of methoxy groups -OCH3 is 1. The van der Waals surface area contributed by atoms with Gasteiger partial charge in [-0.3, -0.25) is 4.68 Å². The van der Waals surface area contributed by atoms with Gasteiger partial charge in [0.2, 0.25) is 5.88 Å². The quantitative estimate of drug-likeness (QED) is 0.509. The van der Waals surface area contributed by atoms with Gasteiger partial charge in [-0.05, 0) is 17.7 Å². The van der Waals surface area contributed by atoms with Crippen LogP contribution in [0.25, 0.3) is 0 Å². The van der Waals surface area contributed by atoms with E-state index in [4.69, 9.17) is 21.1 Å². The van der Waals surface area contributed by atoms with E-state index in [1.165, 1.54) is 6.07 Å². The SMILES string of the molecule is C=CCc1cc(OCCOC)nn1Cc1ccc(C(F)(F)F)cc1Cl. The molecule has 1 aromatic heterocycles. The minimum absolute atomic E-state index is 0.0386. The summed E-state index contributed by atoms with van der Waals surface area (Å²) in [5.74, 6) is 0.414. The number of alkyl halides is 3. The molecule has 1 heterocycles. The molecular formula is C17H18ClF3N2O2. The third kappa shape index (κ3) is 5.24. The van der Waals surface area contributed by atoms with Crippen molar-refractivity contribution >= 4 is 11.6 Å². The molecule has 0 unspecified atom stereocenters. The van der Waals surface area contributed by atoms with E-state index in [0.717, 1.165) is 17.8 Å². The zero-order valence-electron chi connectivity index (χ0n) is 13.6. The van der Waals surface area contributed by atoms with Crippen molar-refractivity contribution in [1.82, 2.24) is 9.78 Å². The van der Waals surface area contributed by atoms with Crippen LogP contribution >= 0.6 is 11.6 Å². The predicted molar refractivity (Wildman–Crippen MR) is 89.1 cm³/mol. The number of ether oxygens (including phenoxy) is 2. The van der Waals surface area contributed by atoms with E-state index in [0.29, 0.717) is 31.1 Å². The topological polar surface area (TPSA) is 36.3 Å². The fourth-order valence-corrected chi connectivity index (χ4v) is 2.43. The number of halogens is 4. The summed E-state index contributed by atoms with van der Waals surface area (Å²) in [4.78, 5) is 0. The first kappa shape index (κ1) is 19.3. The van der Waals surface area contributed by atoms with Crippen LogP contribution in [0.15, 0.2) is 36.9 Å². The van der Waals surface area contributed by atoms with Crippen molar-refractivity contribution in [1.29, 1.82) is 0 Å². The van der Waals surface area contributed by atoms with Gasteiger partial charge in [-0.2, -0.15) is 13.2 Å². The Morgan fingerprint density at radius 2 is 2.04 bits per heavy atom. The molecule has 0 aliphatic heterocycles. The summed E-state index contributed by atoms with van der Waals surface area (Å²) in [7, 11) is 1.57. The fraction of sp³-hybridized carbons (Fsp3) is 0.353. The molecule has 136 valence electrons. The minimum atomic E-state index is -4.43. The lowest BCUT2D eigenvalue weighted by Crippen LogP contribution is -2.09. The van der Waals surface area contributed by atoms with Gasteiger partial charge in [0.15, 0.2) is 0 Å². The van der Waals surface area contributed by atoms with Crippen molar-refractivity contribution in [2.24, 2.45) is 0 Å². The summed E-state index contributed by atoms with van der Waals surface area (Å²) in [6.07, 6.45) is -2.18. The Morgan fingerprint density at radius 1 is 1.28 bits per heavy atom. The van der Waals surface area contributed by atoms with Gasteiger partial charge in [-0.25, -0.2) is 0 Å². The molecule has 4 nitrogen and oxygen atoms in total. The third-order valence-electron chi connectivity index (χ3n) is 3.43. The van der Waals surface area contributed by atoms with Gasteiger partial charge in [-0.15, -0.1) is 11.7 Å². The zero-order chi connectivity index (χ0) is 18.4. The zero-order valence-corrected chi connectivity index (χ0v) is 14.4. The maximum absolute atomic E-state index is 12.7. The minimum Gasteiger partial charge on any atom is -0.474 e. The summed E-state index contributed by atoms with van der Waals surface area (Å²) >= 11 is 6.01. The second-order valence-corrected chi connectivity index (χ2v) is 5.68. The molecule has 0 radical (unpaired) electrons. The molecule has 0 N–H and O–H groups in total. The number of benzene rings is 1. The molecule has 1 aromatic carbocycles. The van der Waals surface area contributed by atoms with Crippen molar-refractivity contribution < 1.29 is 22.6 Å². The van der Waals surface area contributed by atoms with Crippen LogP contribution < -0.4 is 4.74 Å². The van der Waals surface area contributed by atoms with Crippen LogP contribution in [0.2, 0.25) is 5.02 Å². The van der Waals surface area contributed by atoms with E-state index in [1.807, 2.05) is 0 Å². The Hall–Kier alpha value is -1.99. The van der Waals surface area contributed by atoms with E-state index in [1.54, 1.807) is 23.9 Å². The maximum atomic E-state index is 12.7. The second kappa shape index (κ2) is 8.40. The van der Waals surface area contributed by atoms with Crippen molar-refractivity contribution in [3.05, 3.63) is 58.8 Å². The van der Waals surface area contributed by atoms with Crippen molar-refractivity contribution in [3.63, 3.8) is 0 Å². The van der Waals surface area contributed by atoms with E-state index in [9.17, 15) is 13.2 Å². The average Bonchev–Trinajstić information content (AvgIpc) is 2.91. The highest BCUT2D eigenvalue weighted by molar-refractivity contribution is 6.31. The molecule has 2 rings (SSSR count). The highest BCUT2D eigenvalue weighted by Crippen LogP contribution is 2.32. The van der Waals surface area contributed by atoms with E-state index in [2.05, 4.69) is 11.7 Å². The van der Waals surface area contributed by atoms with E-state index >= 15 is 0 Å². The van der Waals surface area contributed by atoms with Gasteiger partial charge in [0, 0.05) is 30.3 Å². The molecule has 0 amide bonds. The Bertz CT molecular complexity index is 729. The number of rotatable bonds is 8. The standard InChI is InChI=1S/C17H18ClF3N2O2/c1-3-4-14-10-16(25-8-7-24-2)22-23(14)11-12-5-6-13(9-15(12)18)17(19,20)21/h3,5-6,9-10H,1,4,7-8,11H2,2H3. The molecule has 0 fully saturated rings. The van der Waals surface area contributed by atoms with Crippen LogP contribution in [0.1, 0.15) is 16.8 Å². The van der Waals surface area contributed by atoms with Gasteiger partial charge in [0.05, 0.1) is 18.7 Å². The molecule has 0 aliphatic carbocycles. The van der Waals surface area contributed by atoms with E-state index < -0.39 is 11.7 Å². The molecule has 0 atom stereocenters. The van der Waals surface area contributed by atoms with Crippen LogP contribution in [-0.2, 0) is 23.9 Å². The first-order valence-electron chi connectivity index (χ1n) is 7.50. The normalized spacial score (nSPS) is 11.6. The fourth-order valence-electron chi connectivity index (χ4n) is 2.19. The highest BCUT2D eigenvalue weighted by Gasteiger charge is 2.30. The molecule has 0 saturated heterocycles. The highest BCUT2D eigenvalue weighted by atomic mass is 35.5.